The fraction of sp³-hybridized carbons (Fsp3) is 0.476. The van der Waals surface area contributed by atoms with Crippen LogP contribution in [-0.4, -0.2) is 48.0 Å². The first-order chi connectivity index (χ1) is 13.8. The lowest BCUT2D eigenvalue weighted by Crippen LogP contribution is -2.30. The average molecular weight is 438 g/mol. The van der Waals surface area contributed by atoms with Gasteiger partial charge in [0, 0.05) is 6.54 Å². The standard InChI is InChI=1S/C21H27NO5S2/c1-5-26-19(23)8-10-22-20(24)18(29-21(22)28)13-15-6-7-16(17(12-15)25-4)27-11-9-14(2)3/h6-7,12-14H,5,8-11H2,1-4H3/b18-13+. The van der Waals surface area contributed by atoms with Crippen LogP contribution in [0.4, 0.5) is 0 Å². The number of amides is 1. The Balaban J connectivity index is 2.08. The van der Waals surface area contributed by atoms with E-state index in [-0.39, 0.29) is 24.8 Å². The van der Waals surface area contributed by atoms with Gasteiger partial charge < -0.3 is 14.2 Å². The molecule has 0 spiro atoms. The van der Waals surface area contributed by atoms with Crippen molar-refractivity contribution in [3.05, 3.63) is 28.7 Å². The molecule has 158 valence electrons. The van der Waals surface area contributed by atoms with Crippen LogP contribution in [0.5, 0.6) is 11.5 Å². The van der Waals surface area contributed by atoms with Crippen molar-refractivity contribution in [2.24, 2.45) is 5.92 Å². The summed E-state index contributed by atoms with van der Waals surface area (Å²) in [4.78, 5) is 26.2. The third kappa shape index (κ3) is 6.75. The summed E-state index contributed by atoms with van der Waals surface area (Å²) in [6.45, 7) is 7.18. The minimum Gasteiger partial charge on any atom is -0.493 e. The molecule has 1 aromatic carbocycles. The molecule has 1 heterocycles. The van der Waals surface area contributed by atoms with Gasteiger partial charge in [-0.15, -0.1) is 0 Å². The molecular formula is C21H27NO5S2. The third-order valence-corrected chi connectivity index (χ3v) is 5.53. The molecule has 0 aliphatic carbocycles. The van der Waals surface area contributed by atoms with Gasteiger partial charge in [0.25, 0.3) is 5.91 Å². The number of thiocarbonyl (C=S) groups is 1. The van der Waals surface area contributed by atoms with Crippen LogP contribution in [0.2, 0.25) is 0 Å². The first-order valence-electron chi connectivity index (χ1n) is 9.57. The lowest BCUT2D eigenvalue weighted by Gasteiger charge is -2.13. The Bertz CT molecular complexity index is 791. The van der Waals surface area contributed by atoms with Gasteiger partial charge >= 0.3 is 5.97 Å². The van der Waals surface area contributed by atoms with Crippen LogP contribution in [0.15, 0.2) is 23.1 Å². The summed E-state index contributed by atoms with van der Waals surface area (Å²) in [5, 5.41) is 0. The Morgan fingerprint density at radius 3 is 2.72 bits per heavy atom. The summed E-state index contributed by atoms with van der Waals surface area (Å²) in [7, 11) is 1.59. The molecule has 1 fully saturated rings. The lowest BCUT2D eigenvalue weighted by atomic mass is 10.1. The maximum absolute atomic E-state index is 12.7. The highest BCUT2D eigenvalue weighted by Crippen LogP contribution is 2.35. The summed E-state index contributed by atoms with van der Waals surface area (Å²) >= 11 is 6.52. The normalized spacial score (nSPS) is 15.3. The largest absolute Gasteiger partial charge is 0.493 e. The quantitative estimate of drug-likeness (QED) is 0.308. The van der Waals surface area contributed by atoms with E-state index in [0.29, 0.717) is 39.9 Å². The van der Waals surface area contributed by atoms with Crippen molar-refractivity contribution < 1.29 is 23.8 Å². The van der Waals surface area contributed by atoms with E-state index in [0.717, 1.165) is 12.0 Å². The van der Waals surface area contributed by atoms with E-state index in [2.05, 4.69) is 13.8 Å². The predicted molar refractivity (Wildman–Crippen MR) is 119 cm³/mol. The summed E-state index contributed by atoms with van der Waals surface area (Å²) in [5.74, 6) is 1.29. The predicted octanol–water partition coefficient (Wildman–Crippen LogP) is 4.27. The molecule has 0 N–H and O–H groups in total. The van der Waals surface area contributed by atoms with Crippen LogP contribution in [0, 0.1) is 5.92 Å². The fourth-order valence-corrected chi connectivity index (χ4v) is 3.89. The first kappa shape index (κ1) is 23.2. The molecule has 0 radical (unpaired) electrons. The molecule has 0 atom stereocenters. The molecule has 6 nitrogen and oxygen atoms in total. The third-order valence-electron chi connectivity index (χ3n) is 4.16. The van der Waals surface area contributed by atoms with Crippen molar-refractivity contribution in [2.75, 3.05) is 26.9 Å². The number of hydrogen-bond donors (Lipinski definition) is 0. The number of hydrogen-bond acceptors (Lipinski definition) is 7. The van der Waals surface area contributed by atoms with Crippen LogP contribution in [-0.2, 0) is 14.3 Å². The zero-order valence-corrected chi connectivity index (χ0v) is 18.9. The summed E-state index contributed by atoms with van der Waals surface area (Å²) < 4.78 is 16.6. The van der Waals surface area contributed by atoms with Gasteiger partial charge in [0.1, 0.15) is 4.32 Å². The molecule has 29 heavy (non-hydrogen) atoms. The number of ether oxygens (including phenoxy) is 3. The molecule has 0 unspecified atom stereocenters. The topological polar surface area (TPSA) is 65.1 Å². The number of esters is 1. The van der Waals surface area contributed by atoms with E-state index in [1.165, 1.54) is 16.7 Å². The summed E-state index contributed by atoms with van der Waals surface area (Å²) in [6, 6.07) is 5.54. The van der Waals surface area contributed by atoms with Crippen LogP contribution in [0.1, 0.15) is 39.2 Å². The smallest absolute Gasteiger partial charge is 0.307 e. The van der Waals surface area contributed by atoms with E-state index in [1.807, 2.05) is 18.2 Å². The van der Waals surface area contributed by atoms with Gasteiger partial charge in [0.2, 0.25) is 0 Å². The lowest BCUT2D eigenvalue weighted by molar-refractivity contribution is -0.143. The molecule has 1 saturated heterocycles. The number of nitrogens with zero attached hydrogens (tertiary/aromatic N) is 1. The van der Waals surface area contributed by atoms with Gasteiger partial charge in [-0.05, 0) is 43.0 Å². The highest BCUT2D eigenvalue weighted by Gasteiger charge is 2.32. The average Bonchev–Trinajstić information content (AvgIpc) is 2.94. The fourth-order valence-electron chi connectivity index (χ4n) is 2.58. The Hall–Kier alpha value is -2.06. The molecule has 0 bridgehead atoms. The SMILES string of the molecule is CCOC(=O)CCN1C(=O)/C(=C\c2ccc(OCCC(C)C)c(OC)c2)SC1=S. The molecular weight excluding hydrogens is 410 g/mol. The van der Waals surface area contributed by atoms with Gasteiger partial charge in [-0.1, -0.05) is 43.9 Å². The highest BCUT2D eigenvalue weighted by molar-refractivity contribution is 8.26. The van der Waals surface area contributed by atoms with Crippen molar-refractivity contribution in [1.29, 1.82) is 0 Å². The van der Waals surface area contributed by atoms with Gasteiger partial charge in [0.15, 0.2) is 11.5 Å². The molecule has 0 aromatic heterocycles. The van der Waals surface area contributed by atoms with E-state index < -0.39 is 0 Å². The van der Waals surface area contributed by atoms with Crippen LogP contribution >= 0.6 is 24.0 Å². The monoisotopic (exact) mass is 437 g/mol. The maximum Gasteiger partial charge on any atom is 0.307 e. The van der Waals surface area contributed by atoms with E-state index >= 15 is 0 Å². The number of methoxy groups -OCH3 is 1. The first-order valence-corrected chi connectivity index (χ1v) is 10.8. The van der Waals surface area contributed by atoms with Crippen molar-refractivity contribution in [2.45, 2.75) is 33.6 Å². The number of benzene rings is 1. The Morgan fingerprint density at radius 2 is 2.07 bits per heavy atom. The molecule has 8 heteroatoms. The zero-order chi connectivity index (χ0) is 21.4. The Morgan fingerprint density at radius 1 is 1.31 bits per heavy atom. The molecule has 0 saturated carbocycles. The number of carbonyl (C=O) groups is 2. The molecule has 1 aromatic rings. The van der Waals surface area contributed by atoms with E-state index in [1.54, 1.807) is 20.1 Å². The molecule has 1 amide bonds. The summed E-state index contributed by atoms with van der Waals surface area (Å²) in [5.41, 5.74) is 0.809. The second-order valence-electron chi connectivity index (χ2n) is 6.83. The Labute approximate surface area is 181 Å². The van der Waals surface area contributed by atoms with Crippen molar-refractivity contribution in [3.8, 4) is 11.5 Å². The zero-order valence-electron chi connectivity index (χ0n) is 17.2. The number of carbonyl (C=O) groups excluding carboxylic acids is 2. The van der Waals surface area contributed by atoms with E-state index in [4.69, 9.17) is 26.4 Å². The second-order valence-corrected chi connectivity index (χ2v) is 8.51. The van der Waals surface area contributed by atoms with Gasteiger partial charge in [0.05, 0.1) is 31.6 Å². The van der Waals surface area contributed by atoms with Crippen LogP contribution in [0.3, 0.4) is 0 Å². The van der Waals surface area contributed by atoms with Gasteiger partial charge in [-0.25, -0.2) is 0 Å². The summed E-state index contributed by atoms with van der Waals surface area (Å²) in [6.07, 6.45) is 2.84. The number of rotatable bonds is 10. The maximum atomic E-state index is 12.7. The highest BCUT2D eigenvalue weighted by atomic mass is 32.2. The van der Waals surface area contributed by atoms with Gasteiger partial charge in [-0.3, -0.25) is 14.5 Å². The minimum atomic E-state index is -0.344. The van der Waals surface area contributed by atoms with Crippen molar-refractivity contribution >= 4 is 46.3 Å². The molecule has 1 aliphatic rings. The van der Waals surface area contributed by atoms with Gasteiger partial charge in [-0.2, -0.15) is 0 Å². The molecule has 1 aliphatic heterocycles. The number of thioether (sulfide) groups is 1. The minimum absolute atomic E-state index is 0.115. The van der Waals surface area contributed by atoms with Crippen LogP contribution < -0.4 is 9.47 Å². The molecule has 2 rings (SSSR count). The van der Waals surface area contributed by atoms with Crippen LogP contribution in [0.25, 0.3) is 6.08 Å². The Kier molecular flexibility index (Phi) is 8.98. The van der Waals surface area contributed by atoms with Crippen molar-refractivity contribution in [3.63, 3.8) is 0 Å². The van der Waals surface area contributed by atoms with Crippen molar-refractivity contribution in [1.82, 2.24) is 4.90 Å². The van der Waals surface area contributed by atoms with E-state index in [9.17, 15) is 9.59 Å². The second kappa shape index (κ2) is 11.2.